The fraction of sp³-hybridized carbons (Fsp3) is 0.744. The summed E-state index contributed by atoms with van der Waals surface area (Å²) in [6.45, 7) is 4.19. The summed E-state index contributed by atoms with van der Waals surface area (Å²) < 4.78 is 0. The van der Waals surface area contributed by atoms with Crippen molar-refractivity contribution in [2.75, 3.05) is 38.2 Å². The minimum Gasteiger partial charge on any atom is -0.481 e. The molecule has 1 fully saturated rings. The van der Waals surface area contributed by atoms with Crippen LogP contribution in [0.2, 0.25) is 0 Å². The van der Waals surface area contributed by atoms with E-state index in [1.807, 2.05) is 0 Å². The van der Waals surface area contributed by atoms with E-state index in [0.717, 1.165) is 6.92 Å². The Kier molecular flexibility index (Phi) is 29.5. The molecular formula is C43H77N13O14S. The van der Waals surface area contributed by atoms with E-state index in [1.165, 1.54) is 16.7 Å². The van der Waals surface area contributed by atoms with Crippen molar-refractivity contribution in [3.05, 3.63) is 0 Å². The van der Waals surface area contributed by atoms with Gasteiger partial charge < -0.3 is 86.1 Å². The lowest BCUT2D eigenvalue weighted by Crippen LogP contribution is -2.61. The predicted molar refractivity (Wildman–Crippen MR) is 259 cm³/mol. The molecule has 0 saturated carbocycles. The maximum Gasteiger partial charge on any atom is 0.303 e. The van der Waals surface area contributed by atoms with Gasteiger partial charge >= 0.3 is 5.97 Å². The fourth-order valence-corrected chi connectivity index (χ4v) is 7.91. The van der Waals surface area contributed by atoms with Gasteiger partial charge in [0.25, 0.3) is 0 Å². The highest BCUT2D eigenvalue weighted by Crippen LogP contribution is 2.21. The number of hydrogen-bond acceptors (Lipinski definition) is 17. The van der Waals surface area contributed by atoms with Crippen LogP contribution in [0.4, 0.5) is 0 Å². The van der Waals surface area contributed by atoms with Crippen molar-refractivity contribution in [3.8, 4) is 0 Å². The molecule has 0 spiro atoms. The average molecular weight is 1030 g/mol. The second-order valence-electron chi connectivity index (χ2n) is 17.4. The summed E-state index contributed by atoms with van der Waals surface area (Å²) in [4.78, 5) is 146. The summed E-state index contributed by atoms with van der Waals surface area (Å²) in [7, 11) is 0. The van der Waals surface area contributed by atoms with Crippen LogP contribution in [0.25, 0.3) is 0 Å². The molecule has 1 heterocycles. The molecule has 71 heavy (non-hydrogen) atoms. The van der Waals surface area contributed by atoms with Gasteiger partial charge in [-0.1, -0.05) is 20.3 Å². The maximum atomic E-state index is 14.3. The van der Waals surface area contributed by atoms with Gasteiger partial charge in [0.15, 0.2) is 0 Å². The number of nitrogens with zero attached hydrogens (tertiary/aromatic N) is 1. The highest BCUT2D eigenvalue weighted by atomic mass is 32.2. The molecule has 10 amide bonds. The van der Waals surface area contributed by atoms with Crippen LogP contribution in [0.15, 0.2) is 0 Å². The largest absolute Gasteiger partial charge is 0.481 e. The number of carbonyl (C=O) groups is 11. The third kappa shape index (κ3) is 22.1. The number of primary amides is 2. The Morgan fingerprint density at radius 2 is 1.18 bits per heavy atom. The number of carboxylic acids is 1. The SMILES string of the molecule is CCC(C)C(NC(=O)C(N)CSC)C(=O)NC(CO)C(=O)NC(CCCCN)C(=O)N1CCCC1C(=O)NC(CCC(=O)O)C(=O)NC(CCCCN)C(=O)NC(CC(N)=O)C(=O)NC(C(N)=O)C(C)O. The van der Waals surface area contributed by atoms with Crippen molar-refractivity contribution >= 4 is 76.8 Å². The molecule has 1 aliphatic rings. The Balaban J connectivity index is 3.43. The average Bonchev–Trinajstić information content (AvgIpc) is 3.81. The number of carboxylic acid groups (broad SMARTS) is 1. The van der Waals surface area contributed by atoms with Crippen molar-refractivity contribution in [2.24, 2.45) is 34.6 Å². The van der Waals surface area contributed by atoms with E-state index >= 15 is 0 Å². The Hall–Kier alpha value is -5.68. The minimum atomic E-state index is -1.73. The topological polar surface area (TPSA) is 466 Å². The molecule has 20 N–H and O–H groups in total. The molecule has 0 aromatic rings. The predicted octanol–water partition coefficient (Wildman–Crippen LogP) is -6.04. The van der Waals surface area contributed by atoms with Crippen molar-refractivity contribution in [2.45, 2.75) is 158 Å². The zero-order valence-corrected chi connectivity index (χ0v) is 41.8. The highest BCUT2D eigenvalue weighted by molar-refractivity contribution is 7.98. The van der Waals surface area contributed by atoms with Gasteiger partial charge in [0.2, 0.25) is 59.1 Å². The lowest BCUT2D eigenvalue weighted by Gasteiger charge is -2.31. The first-order chi connectivity index (χ1) is 33.5. The van der Waals surface area contributed by atoms with Crippen LogP contribution in [0.5, 0.6) is 0 Å². The molecular weight excluding hydrogens is 955 g/mol. The second-order valence-corrected chi connectivity index (χ2v) is 18.3. The zero-order valence-electron chi connectivity index (χ0n) is 40.9. The smallest absolute Gasteiger partial charge is 0.303 e. The fourth-order valence-electron chi connectivity index (χ4n) is 7.40. The molecule has 27 nitrogen and oxygen atoms in total. The molecule has 11 atom stereocenters. The van der Waals surface area contributed by atoms with E-state index < -0.39 is 157 Å². The Bertz CT molecular complexity index is 1830. The van der Waals surface area contributed by atoms with Gasteiger partial charge in [-0.05, 0) is 90.0 Å². The summed E-state index contributed by atoms with van der Waals surface area (Å²) in [5, 5.41) is 46.7. The van der Waals surface area contributed by atoms with Crippen molar-refractivity contribution < 1.29 is 68.1 Å². The Labute approximate surface area is 417 Å². The molecule has 1 saturated heterocycles. The van der Waals surface area contributed by atoms with Crippen LogP contribution >= 0.6 is 11.8 Å². The molecule has 404 valence electrons. The lowest BCUT2D eigenvalue weighted by molar-refractivity contribution is -0.143. The quantitative estimate of drug-likeness (QED) is 0.0263. The molecule has 1 aliphatic heterocycles. The first-order valence-electron chi connectivity index (χ1n) is 23.6. The first-order valence-corrected chi connectivity index (χ1v) is 25.0. The number of likely N-dealkylation sites (tertiary alicyclic amines) is 1. The third-order valence-electron chi connectivity index (χ3n) is 11.7. The minimum absolute atomic E-state index is 0.0160. The van der Waals surface area contributed by atoms with Gasteiger partial charge in [-0.2, -0.15) is 11.8 Å². The normalized spacial score (nSPS) is 17.5. The number of unbranched alkanes of at least 4 members (excludes halogenated alkanes) is 2. The second kappa shape index (κ2) is 33.1. The maximum absolute atomic E-state index is 14.3. The van der Waals surface area contributed by atoms with Gasteiger partial charge in [-0.25, -0.2) is 0 Å². The van der Waals surface area contributed by atoms with Gasteiger partial charge in [0.05, 0.1) is 25.2 Å². The number of thioether (sulfide) groups is 1. The van der Waals surface area contributed by atoms with Crippen LogP contribution in [0.3, 0.4) is 0 Å². The van der Waals surface area contributed by atoms with Gasteiger partial charge in [0, 0.05) is 18.7 Å². The van der Waals surface area contributed by atoms with Gasteiger partial charge in [-0.3, -0.25) is 52.7 Å². The van der Waals surface area contributed by atoms with Crippen molar-refractivity contribution in [1.29, 1.82) is 0 Å². The first kappa shape index (κ1) is 63.3. The van der Waals surface area contributed by atoms with E-state index in [-0.39, 0.29) is 51.1 Å². The van der Waals surface area contributed by atoms with E-state index in [0.29, 0.717) is 32.1 Å². The van der Waals surface area contributed by atoms with Crippen LogP contribution < -0.4 is 65.9 Å². The summed E-state index contributed by atoms with van der Waals surface area (Å²) >= 11 is 1.33. The summed E-state index contributed by atoms with van der Waals surface area (Å²) in [5.74, 6) is -10.8. The molecule has 0 aromatic heterocycles. The number of hydrogen-bond donors (Lipinski definition) is 15. The summed E-state index contributed by atoms with van der Waals surface area (Å²) in [6.07, 6.45) is 0.431. The molecule has 0 bridgehead atoms. The molecule has 0 aromatic carbocycles. The third-order valence-corrected chi connectivity index (χ3v) is 12.4. The monoisotopic (exact) mass is 1030 g/mol. The Morgan fingerprint density at radius 3 is 1.69 bits per heavy atom. The van der Waals surface area contributed by atoms with Crippen LogP contribution in [-0.4, -0.2) is 184 Å². The molecule has 1 rings (SSSR count). The number of carbonyl (C=O) groups excluding carboxylic acids is 10. The van der Waals surface area contributed by atoms with Crippen molar-refractivity contribution in [1.82, 2.24) is 42.1 Å². The molecule has 0 radical (unpaired) electrons. The lowest BCUT2D eigenvalue weighted by atomic mass is 9.97. The van der Waals surface area contributed by atoms with Crippen LogP contribution in [0, 0.1) is 5.92 Å². The van der Waals surface area contributed by atoms with E-state index in [9.17, 15) is 68.1 Å². The van der Waals surface area contributed by atoms with E-state index in [2.05, 4.69) is 37.2 Å². The number of amides is 10. The summed E-state index contributed by atoms with van der Waals surface area (Å²) in [5.41, 5.74) is 27.9. The number of rotatable bonds is 35. The van der Waals surface area contributed by atoms with Crippen molar-refractivity contribution in [3.63, 3.8) is 0 Å². The highest BCUT2D eigenvalue weighted by Gasteiger charge is 2.41. The number of aliphatic hydroxyl groups is 2. The summed E-state index contributed by atoms with van der Waals surface area (Å²) in [6, 6.07) is -12.6. The van der Waals surface area contributed by atoms with Crippen LogP contribution in [0.1, 0.15) is 97.8 Å². The van der Waals surface area contributed by atoms with Crippen LogP contribution in [-0.2, 0) is 52.7 Å². The number of aliphatic carboxylic acids is 1. The standard InChI is InChI=1S/C43H77N13O14S/c1-5-22(2)33(54-36(63)24(46)21-71-4)42(69)53-29(20-57)40(67)51-27(12-7-9-17-45)43(70)56-18-10-13-30(56)41(68)50-26(14-15-32(60)61)38(65)49-25(11-6-8-16-44)37(64)52-28(19-31(47)59)39(66)55-34(23(3)58)35(48)62/h22-30,33-34,57-58H,5-21,44-46H2,1-4H3,(H2,47,59)(H2,48,62)(H,49,65)(H,50,68)(H,51,67)(H,52,64)(H,53,69)(H,54,63)(H,55,66)(H,60,61). The van der Waals surface area contributed by atoms with E-state index in [1.54, 1.807) is 20.1 Å². The van der Waals surface area contributed by atoms with Gasteiger partial charge in [0.1, 0.15) is 48.3 Å². The number of nitrogens with one attached hydrogen (secondary N) is 7. The van der Waals surface area contributed by atoms with E-state index in [4.69, 9.17) is 28.7 Å². The number of aliphatic hydroxyl groups excluding tert-OH is 2. The number of nitrogens with two attached hydrogens (primary N) is 5. The Morgan fingerprint density at radius 1 is 0.676 bits per heavy atom. The molecule has 28 heteroatoms. The zero-order chi connectivity index (χ0) is 54.0. The molecule has 11 unspecified atom stereocenters. The van der Waals surface area contributed by atoms with Gasteiger partial charge in [-0.15, -0.1) is 0 Å². The molecule has 0 aliphatic carbocycles.